The van der Waals surface area contributed by atoms with Gasteiger partial charge in [0, 0.05) is 44.2 Å². The summed E-state index contributed by atoms with van der Waals surface area (Å²) in [7, 11) is -1.47. The number of piperazine rings is 1. The molecule has 41 heavy (non-hydrogen) atoms. The molecule has 2 bridgehead atoms. The smallest absolute Gasteiger partial charge is 0.237 e. The van der Waals surface area contributed by atoms with Crippen LogP contribution in [0.25, 0.3) is 0 Å². The monoisotopic (exact) mass is 592 g/mol. The molecule has 7 atom stereocenters. The van der Waals surface area contributed by atoms with Gasteiger partial charge in [-0.1, -0.05) is 25.0 Å². The molecule has 4 fully saturated rings. The van der Waals surface area contributed by atoms with Gasteiger partial charge in [0.2, 0.25) is 15.9 Å². The van der Waals surface area contributed by atoms with Crippen molar-refractivity contribution in [3.05, 3.63) is 35.6 Å². The minimum atomic E-state index is -3.22. The van der Waals surface area contributed by atoms with Gasteiger partial charge in [-0.2, -0.15) is 4.31 Å². The van der Waals surface area contributed by atoms with Gasteiger partial charge in [-0.05, 0) is 93.7 Å². The van der Waals surface area contributed by atoms with Crippen LogP contribution in [0.1, 0.15) is 88.5 Å². The molecule has 2 heterocycles. The summed E-state index contributed by atoms with van der Waals surface area (Å²) in [5.41, 5.74) is 7.68. The molecule has 2 saturated carbocycles. The number of hydrogen-bond donors (Lipinski definition) is 3. The van der Waals surface area contributed by atoms with Gasteiger partial charge in [-0.15, -0.1) is 0 Å². The van der Waals surface area contributed by atoms with Crippen LogP contribution in [-0.4, -0.2) is 74.9 Å². The number of nitrogens with zero attached hydrogens (tertiary/aromatic N) is 1. The highest BCUT2D eigenvalue weighted by molar-refractivity contribution is 7.89. The van der Waals surface area contributed by atoms with Crippen LogP contribution in [0.4, 0.5) is 4.39 Å². The van der Waals surface area contributed by atoms with Crippen LogP contribution in [-0.2, 0) is 19.6 Å². The number of nitrogens with two attached hydrogens (primary N) is 1. The summed E-state index contributed by atoms with van der Waals surface area (Å²) in [5.74, 6) is 0.147. The van der Waals surface area contributed by atoms with E-state index in [1.54, 1.807) is 23.5 Å². The third-order valence-electron chi connectivity index (χ3n) is 10.4. The summed E-state index contributed by atoms with van der Waals surface area (Å²) in [6.07, 6.45) is 11.4. The minimum absolute atomic E-state index is 0.0278. The van der Waals surface area contributed by atoms with Crippen LogP contribution in [0.5, 0.6) is 0 Å². The lowest BCUT2D eigenvalue weighted by Crippen LogP contribution is -2.57. The Labute approximate surface area is 245 Å². The van der Waals surface area contributed by atoms with Crippen molar-refractivity contribution in [3.63, 3.8) is 0 Å². The molecule has 1 aromatic rings. The molecule has 5 rings (SSSR count). The first-order valence-corrected chi connectivity index (χ1v) is 17.4. The van der Waals surface area contributed by atoms with Gasteiger partial charge >= 0.3 is 0 Å². The number of sulfonamides is 1. The van der Waals surface area contributed by atoms with Crippen molar-refractivity contribution in [2.45, 2.75) is 113 Å². The van der Waals surface area contributed by atoms with Gasteiger partial charge in [-0.3, -0.25) is 4.79 Å². The number of amides is 1. The van der Waals surface area contributed by atoms with E-state index in [1.165, 1.54) is 12.1 Å². The Morgan fingerprint density at radius 3 is 2.54 bits per heavy atom. The van der Waals surface area contributed by atoms with Gasteiger partial charge < -0.3 is 21.1 Å². The van der Waals surface area contributed by atoms with Crippen molar-refractivity contribution >= 4 is 15.9 Å². The third kappa shape index (κ3) is 7.50. The Kier molecular flexibility index (Phi) is 10.4. The van der Waals surface area contributed by atoms with Crippen molar-refractivity contribution in [2.75, 3.05) is 26.0 Å². The molecule has 10 heteroatoms. The van der Waals surface area contributed by atoms with Crippen LogP contribution >= 0.6 is 0 Å². The van der Waals surface area contributed by atoms with Crippen molar-refractivity contribution in [1.82, 2.24) is 14.9 Å². The summed E-state index contributed by atoms with van der Waals surface area (Å²) >= 11 is 0. The Balaban J connectivity index is 1.24. The Bertz CT molecular complexity index is 1110. The molecule has 8 nitrogen and oxygen atoms in total. The van der Waals surface area contributed by atoms with E-state index in [9.17, 15) is 17.6 Å². The summed E-state index contributed by atoms with van der Waals surface area (Å²) in [6.45, 7) is 1.27. The highest BCUT2D eigenvalue weighted by atomic mass is 32.2. The SMILES string of the molecule is COC1CCC(C(c2ccc(F)cc2)C(N)C(=O)NC2CCCCC2CCC2CNC3CCCS(=O)(=O)N2C3)CC1. The second kappa shape index (κ2) is 13.8. The Hall–Kier alpha value is -1.59. The Morgan fingerprint density at radius 1 is 1.07 bits per heavy atom. The molecule has 0 aromatic heterocycles. The molecule has 2 saturated heterocycles. The number of methoxy groups -OCH3 is 1. The number of fused-ring (bicyclic) bond motifs is 2. The van der Waals surface area contributed by atoms with E-state index in [0.717, 1.165) is 76.2 Å². The number of hydrogen-bond acceptors (Lipinski definition) is 6. The highest BCUT2D eigenvalue weighted by Crippen LogP contribution is 2.39. The minimum Gasteiger partial charge on any atom is -0.381 e. The van der Waals surface area contributed by atoms with Gasteiger partial charge in [0.1, 0.15) is 5.82 Å². The van der Waals surface area contributed by atoms with E-state index < -0.39 is 16.1 Å². The first-order valence-electron chi connectivity index (χ1n) is 15.8. The maximum atomic E-state index is 13.8. The van der Waals surface area contributed by atoms with E-state index in [-0.39, 0.29) is 53.5 Å². The number of halogens is 1. The fraction of sp³-hybridized carbons (Fsp3) is 0.774. The zero-order valence-corrected chi connectivity index (χ0v) is 25.3. The molecule has 7 unspecified atom stereocenters. The highest BCUT2D eigenvalue weighted by Gasteiger charge is 2.40. The van der Waals surface area contributed by atoms with Crippen LogP contribution in [0, 0.1) is 17.7 Å². The van der Waals surface area contributed by atoms with Crippen LogP contribution < -0.4 is 16.4 Å². The average Bonchev–Trinajstić information content (AvgIpc) is 3.09. The van der Waals surface area contributed by atoms with Crippen LogP contribution in [0.2, 0.25) is 0 Å². The van der Waals surface area contributed by atoms with E-state index in [0.29, 0.717) is 25.4 Å². The van der Waals surface area contributed by atoms with Gasteiger partial charge in [0.05, 0.1) is 17.9 Å². The van der Waals surface area contributed by atoms with Gasteiger partial charge in [0.15, 0.2) is 0 Å². The van der Waals surface area contributed by atoms with Gasteiger partial charge in [0.25, 0.3) is 0 Å². The second-order valence-electron chi connectivity index (χ2n) is 12.9. The van der Waals surface area contributed by atoms with Crippen LogP contribution in [0.15, 0.2) is 24.3 Å². The summed E-state index contributed by atoms with van der Waals surface area (Å²) in [4.78, 5) is 13.7. The number of rotatable bonds is 9. The molecule has 230 valence electrons. The zero-order valence-electron chi connectivity index (χ0n) is 24.5. The second-order valence-corrected chi connectivity index (χ2v) is 14.9. The molecule has 1 amide bonds. The zero-order chi connectivity index (χ0) is 29.0. The van der Waals surface area contributed by atoms with Crippen molar-refractivity contribution in [2.24, 2.45) is 17.6 Å². The quantitative estimate of drug-likeness (QED) is 0.403. The molecule has 1 aromatic carbocycles. The normalized spacial score (nSPS) is 35.1. The van der Waals surface area contributed by atoms with E-state index in [4.69, 9.17) is 10.5 Å². The number of ether oxygens (including phenoxy) is 1. The maximum absolute atomic E-state index is 13.8. The van der Waals surface area contributed by atoms with Crippen molar-refractivity contribution in [3.8, 4) is 0 Å². The first-order chi connectivity index (χ1) is 19.7. The first kappa shape index (κ1) is 30.9. The summed E-state index contributed by atoms with van der Waals surface area (Å²) < 4.78 is 46.9. The standard InChI is InChI=1S/C31H49FN4O4S/c1-40-27-16-11-23(12-17-27)29(22-8-13-24(32)14-9-22)30(33)31(37)35-28-7-3-2-5-21(28)10-15-26-19-34-25-6-4-18-41(38,39)36(26)20-25/h8-9,13-14,21,23,25-30,34H,2-7,10-12,15-20,33H2,1H3,(H,35,37). The van der Waals surface area contributed by atoms with E-state index in [1.807, 2.05) is 0 Å². The number of carbonyl (C=O) groups excluding carboxylic acids is 1. The Morgan fingerprint density at radius 2 is 1.80 bits per heavy atom. The molecular weight excluding hydrogens is 543 g/mol. The van der Waals surface area contributed by atoms with Crippen molar-refractivity contribution < 1.29 is 22.3 Å². The number of carbonyl (C=O) groups is 1. The predicted molar refractivity (Wildman–Crippen MR) is 158 cm³/mol. The molecule has 4 N–H and O–H groups in total. The topological polar surface area (TPSA) is 114 Å². The number of benzene rings is 1. The summed E-state index contributed by atoms with van der Waals surface area (Å²) in [5, 5.41) is 6.91. The fourth-order valence-electron chi connectivity index (χ4n) is 7.98. The molecular formula is C31H49FN4O4S. The fourth-order valence-corrected chi connectivity index (χ4v) is 9.78. The lowest BCUT2D eigenvalue weighted by molar-refractivity contribution is -0.124. The lowest BCUT2D eigenvalue weighted by atomic mass is 9.72. The molecule has 0 spiro atoms. The average molecular weight is 593 g/mol. The van der Waals surface area contributed by atoms with E-state index in [2.05, 4.69) is 10.6 Å². The van der Waals surface area contributed by atoms with Crippen molar-refractivity contribution in [1.29, 1.82) is 0 Å². The predicted octanol–water partition coefficient (Wildman–Crippen LogP) is 3.66. The molecule has 2 aliphatic heterocycles. The van der Waals surface area contributed by atoms with Gasteiger partial charge in [-0.25, -0.2) is 12.8 Å². The number of nitrogens with one attached hydrogen (secondary N) is 2. The molecule has 4 aliphatic rings. The molecule has 2 aliphatic carbocycles. The van der Waals surface area contributed by atoms with Crippen LogP contribution in [0.3, 0.4) is 0 Å². The summed E-state index contributed by atoms with van der Waals surface area (Å²) in [6, 6.07) is 6.00. The largest absolute Gasteiger partial charge is 0.381 e. The molecule has 0 radical (unpaired) electrons. The maximum Gasteiger partial charge on any atom is 0.237 e. The third-order valence-corrected chi connectivity index (χ3v) is 12.3. The lowest BCUT2D eigenvalue weighted by Gasteiger charge is -2.40. The van der Waals surface area contributed by atoms with E-state index >= 15 is 0 Å².